The van der Waals surface area contributed by atoms with Crippen molar-refractivity contribution >= 4 is 34.0 Å². The van der Waals surface area contributed by atoms with Gasteiger partial charge in [0.2, 0.25) is 0 Å². The zero-order chi connectivity index (χ0) is 15.9. The maximum absolute atomic E-state index is 12.7. The zero-order valence-electron chi connectivity index (χ0n) is 13.3. The van der Waals surface area contributed by atoms with Crippen LogP contribution in [0, 0.1) is 0 Å². The van der Waals surface area contributed by atoms with Crippen LogP contribution in [0.3, 0.4) is 0 Å². The van der Waals surface area contributed by atoms with Gasteiger partial charge in [0.05, 0.1) is 0 Å². The van der Waals surface area contributed by atoms with Gasteiger partial charge in [-0.05, 0) is 0 Å². The van der Waals surface area contributed by atoms with Crippen LogP contribution in [0.1, 0.15) is 21.5 Å². The summed E-state index contributed by atoms with van der Waals surface area (Å²) in [6.45, 7) is 0. The Morgan fingerprint density at radius 3 is 2.36 bits per heavy atom. The Bertz CT molecular complexity index is 788. The summed E-state index contributed by atoms with van der Waals surface area (Å²) in [4.78, 5) is 24.7. The minimum atomic E-state index is -2.27. The summed E-state index contributed by atoms with van der Waals surface area (Å²) in [6.07, 6.45) is 1.66. The van der Waals surface area contributed by atoms with Crippen molar-refractivity contribution in [2.75, 3.05) is 7.11 Å². The van der Waals surface area contributed by atoms with Gasteiger partial charge in [0, 0.05) is 0 Å². The second-order valence-corrected chi connectivity index (χ2v) is 21.0. The normalized spacial score (nSPS) is 13.4. The average molecular weight is 400 g/mol. The number of carbonyl (C=O) groups is 1. The Balaban J connectivity index is 2.31. The van der Waals surface area contributed by atoms with Gasteiger partial charge >= 0.3 is 135 Å². The van der Waals surface area contributed by atoms with Gasteiger partial charge in [-0.25, -0.2) is 0 Å². The quantitative estimate of drug-likeness (QED) is 0.384. The van der Waals surface area contributed by atoms with Crippen molar-refractivity contribution in [3.63, 3.8) is 0 Å². The monoisotopic (exact) mass is 401 g/mol. The SMILES string of the molecule is CON=Cc1c[c]([Sn]([CH3])([CH3])[CH3])cc2c1C(=O)c1ccccc1-2. The summed E-state index contributed by atoms with van der Waals surface area (Å²) in [5.74, 6) is 0.0822. The van der Waals surface area contributed by atoms with Gasteiger partial charge in [-0.1, -0.05) is 0 Å². The van der Waals surface area contributed by atoms with Gasteiger partial charge in [0.15, 0.2) is 0 Å². The van der Waals surface area contributed by atoms with Crippen molar-refractivity contribution in [1.29, 1.82) is 0 Å². The number of benzene rings is 2. The van der Waals surface area contributed by atoms with Crippen LogP contribution in [-0.4, -0.2) is 37.5 Å². The van der Waals surface area contributed by atoms with Crippen LogP contribution in [0.15, 0.2) is 41.6 Å². The molecule has 2 aromatic carbocycles. The molecule has 0 aliphatic heterocycles. The number of oxime groups is 1. The summed E-state index contributed by atoms with van der Waals surface area (Å²) < 4.78 is 1.38. The minimum absolute atomic E-state index is 0.0822. The molecular formula is C18H19NO2Sn. The van der Waals surface area contributed by atoms with Crippen LogP contribution < -0.4 is 3.58 Å². The summed E-state index contributed by atoms with van der Waals surface area (Å²) in [5.41, 5.74) is 4.48. The molecule has 0 fully saturated rings. The summed E-state index contributed by atoms with van der Waals surface area (Å²) in [6, 6.07) is 12.2. The van der Waals surface area contributed by atoms with E-state index in [4.69, 9.17) is 4.84 Å². The van der Waals surface area contributed by atoms with Crippen molar-refractivity contribution in [2.45, 2.75) is 14.8 Å². The molecule has 0 N–H and O–H groups in total. The molecule has 3 nitrogen and oxygen atoms in total. The van der Waals surface area contributed by atoms with Crippen LogP contribution >= 0.6 is 0 Å². The number of hydrogen-bond acceptors (Lipinski definition) is 3. The summed E-state index contributed by atoms with van der Waals surface area (Å²) in [5, 5.41) is 3.89. The molecule has 0 unspecified atom stereocenters. The van der Waals surface area contributed by atoms with Crippen molar-refractivity contribution < 1.29 is 9.63 Å². The Labute approximate surface area is 134 Å². The summed E-state index contributed by atoms with van der Waals surface area (Å²) in [7, 11) is 1.51. The van der Waals surface area contributed by atoms with Gasteiger partial charge in [-0.2, -0.15) is 0 Å². The fourth-order valence-corrected chi connectivity index (χ4v) is 6.15. The first-order valence-electron chi connectivity index (χ1n) is 7.32. The van der Waals surface area contributed by atoms with E-state index in [9.17, 15) is 4.79 Å². The number of nitrogens with zero attached hydrogens (tertiary/aromatic N) is 1. The number of ketones is 1. The van der Waals surface area contributed by atoms with Gasteiger partial charge in [-0.3, -0.25) is 0 Å². The number of rotatable bonds is 3. The van der Waals surface area contributed by atoms with Crippen LogP contribution in [0.4, 0.5) is 0 Å². The first kappa shape index (κ1) is 15.3. The number of hydrogen-bond donors (Lipinski definition) is 0. The number of fused-ring (bicyclic) bond motifs is 3. The fraction of sp³-hybridized carbons (Fsp3) is 0.222. The topological polar surface area (TPSA) is 38.7 Å². The fourth-order valence-electron chi connectivity index (χ4n) is 2.83. The van der Waals surface area contributed by atoms with E-state index in [1.165, 1.54) is 10.7 Å². The van der Waals surface area contributed by atoms with Crippen LogP contribution in [0.25, 0.3) is 11.1 Å². The van der Waals surface area contributed by atoms with E-state index in [1.54, 1.807) is 6.21 Å². The molecule has 22 heavy (non-hydrogen) atoms. The predicted molar refractivity (Wildman–Crippen MR) is 92.9 cm³/mol. The van der Waals surface area contributed by atoms with Gasteiger partial charge < -0.3 is 0 Å². The van der Waals surface area contributed by atoms with Crippen LogP contribution in [-0.2, 0) is 4.84 Å². The Morgan fingerprint density at radius 2 is 1.73 bits per heavy atom. The molecule has 0 heterocycles. The third kappa shape index (κ3) is 2.47. The van der Waals surface area contributed by atoms with Gasteiger partial charge in [0.25, 0.3) is 0 Å². The second kappa shape index (κ2) is 5.54. The molecule has 0 saturated carbocycles. The number of carbonyl (C=O) groups excluding carboxylic acids is 1. The molecule has 0 amide bonds. The molecular weight excluding hydrogens is 381 g/mol. The molecule has 1 aliphatic rings. The molecule has 0 spiro atoms. The molecule has 112 valence electrons. The molecule has 0 aromatic heterocycles. The van der Waals surface area contributed by atoms with Gasteiger partial charge in [-0.15, -0.1) is 0 Å². The summed E-state index contributed by atoms with van der Waals surface area (Å²) >= 11 is -2.27. The van der Waals surface area contributed by atoms with E-state index in [0.717, 1.165) is 27.8 Å². The van der Waals surface area contributed by atoms with Crippen molar-refractivity contribution in [3.8, 4) is 11.1 Å². The van der Waals surface area contributed by atoms with E-state index in [1.807, 2.05) is 24.3 Å². The molecule has 1 aliphatic carbocycles. The van der Waals surface area contributed by atoms with E-state index < -0.39 is 18.4 Å². The third-order valence-corrected chi connectivity index (χ3v) is 9.79. The van der Waals surface area contributed by atoms with Gasteiger partial charge in [0.1, 0.15) is 0 Å². The first-order valence-corrected chi connectivity index (χ1v) is 17.3. The second-order valence-electron chi connectivity index (χ2n) is 6.53. The molecule has 0 saturated heterocycles. The zero-order valence-corrected chi connectivity index (χ0v) is 16.2. The first-order chi connectivity index (χ1) is 10.4. The molecule has 3 rings (SSSR count). The molecule has 0 atom stereocenters. The third-order valence-electron chi connectivity index (χ3n) is 4.02. The van der Waals surface area contributed by atoms with E-state index in [0.29, 0.717) is 0 Å². The van der Waals surface area contributed by atoms with E-state index in [-0.39, 0.29) is 5.78 Å². The van der Waals surface area contributed by atoms with E-state index >= 15 is 0 Å². The molecule has 2 aromatic rings. The molecule has 0 radical (unpaired) electrons. The van der Waals surface area contributed by atoms with Crippen LogP contribution in [0.2, 0.25) is 14.8 Å². The van der Waals surface area contributed by atoms with Crippen LogP contribution in [0.5, 0.6) is 0 Å². The molecule has 0 bridgehead atoms. The van der Waals surface area contributed by atoms with E-state index in [2.05, 4.69) is 32.1 Å². The van der Waals surface area contributed by atoms with Crippen molar-refractivity contribution in [2.24, 2.45) is 5.16 Å². The van der Waals surface area contributed by atoms with Crippen molar-refractivity contribution in [3.05, 3.63) is 53.1 Å². The van der Waals surface area contributed by atoms with Crippen molar-refractivity contribution in [1.82, 2.24) is 0 Å². The Hall–Kier alpha value is -1.62. The average Bonchev–Trinajstić information content (AvgIpc) is 2.78. The predicted octanol–water partition coefficient (Wildman–Crippen LogP) is 3.42. The standard InChI is InChI=1S/C15H10NO2.3CH3.Sn/c1-18-16-9-10-5-4-8-12-11-6-2-3-7-13(11)15(17)14(10)12;;;;/h2-3,5-9H,1H3;3*1H3;. The Morgan fingerprint density at radius 1 is 1.05 bits per heavy atom. The molecule has 4 heteroatoms. The Kier molecular flexibility index (Phi) is 3.85. The maximum atomic E-state index is 12.7.